The number of nitrogens with zero attached hydrogens (tertiary/aromatic N) is 1. The first-order chi connectivity index (χ1) is 13.7. The highest BCUT2D eigenvalue weighted by molar-refractivity contribution is 6.41. The summed E-state index contributed by atoms with van der Waals surface area (Å²) in [4.78, 5) is 29.1. The molecule has 0 saturated heterocycles. The van der Waals surface area contributed by atoms with Crippen molar-refractivity contribution in [2.24, 2.45) is 11.1 Å². The molecule has 0 radical (unpaired) electrons. The van der Waals surface area contributed by atoms with Crippen LogP contribution in [0.1, 0.15) is 96.8 Å². The average Bonchev–Trinajstić information content (AvgIpc) is 3.14. The number of ether oxygens (including phenoxy) is 2. The van der Waals surface area contributed by atoms with Crippen molar-refractivity contribution in [1.82, 2.24) is 0 Å². The fourth-order valence-corrected chi connectivity index (χ4v) is 3.66. The summed E-state index contributed by atoms with van der Waals surface area (Å²) in [6.07, 6.45) is 17.0. The summed E-state index contributed by atoms with van der Waals surface area (Å²) in [5.74, 6) is -1.92. The number of unbranched alkanes of at least 4 members (excludes halogenated alkanes) is 12. The van der Waals surface area contributed by atoms with Gasteiger partial charge >= 0.3 is 11.9 Å². The van der Waals surface area contributed by atoms with E-state index < -0.39 is 24.0 Å². The lowest BCUT2D eigenvalue weighted by Crippen LogP contribution is -2.36. The first kappa shape index (κ1) is 24.4. The number of carbonyl (C=O) groups is 2. The molecule has 28 heavy (non-hydrogen) atoms. The Morgan fingerprint density at radius 1 is 0.821 bits per heavy atom. The van der Waals surface area contributed by atoms with E-state index in [-0.39, 0.29) is 5.71 Å². The molecule has 162 valence electrons. The fourth-order valence-electron chi connectivity index (χ4n) is 3.66. The maximum atomic E-state index is 12.0. The summed E-state index contributed by atoms with van der Waals surface area (Å²) in [6, 6.07) is 0. The van der Waals surface area contributed by atoms with Gasteiger partial charge in [0.1, 0.15) is 12.0 Å². The molecule has 1 heterocycles. The van der Waals surface area contributed by atoms with Crippen LogP contribution in [0, 0.1) is 5.92 Å². The van der Waals surface area contributed by atoms with Gasteiger partial charge in [-0.05, 0) is 12.8 Å². The van der Waals surface area contributed by atoms with Gasteiger partial charge in [0.25, 0.3) is 0 Å². The summed E-state index contributed by atoms with van der Waals surface area (Å²) < 4.78 is 9.47. The Bertz CT molecular complexity index is 478. The van der Waals surface area contributed by atoms with Crippen LogP contribution in [-0.2, 0) is 23.9 Å². The maximum Gasteiger partial charge on any atom is 0.356 e. The predicted molar refractivity (Wildman–Crippen MR) is 110 cm³/mol. The number of hydrogen-bond acceptors (Lipinski definition) is 6. The first-order valence-corrected chi connectivity index (χ1v) is 11.1. The van der Waals surface area contributed by atoms with Gasteiger partial charge in [-0.2, -0.15) is 0 Å². The summed E-state index contributed by atoms with van der Waals surface area (Å²) >= 11 is 0. The molecular weight excluding hydrogens is 358 g/mol. The molecule has 6 nitrogen and oxygen atoms in total. The number of carbonyl (C=O) groups excluding carboxylic acids is 2. The Hall–Kier alpha value is -1.59. The van der Waals surface area contributed by atoms with Crippen LogP contribution in [0.5, 0.6) is 0 Å². The van der Waals surface area contributed by atoms with Gasteiger partial charge in [-0.1, -0.05) is 89.1 Å². The van der Waals surface area contributed by atoms with Crippen molar-refractivity contribution < 1.29 is 23.9 Å². The van der Waals surface area contributed by atoms with E-state index in [2.05, 4.69) is 16.8 Å². The third-order valence-corrected chi connectivity index (χ3v) is 5.39. The molecular formula is C22H39NO5. The highest BCUT2D eigenvalue weighted by Crippen LogP contribution is 2.26. The van der Waals surface area contributed by atoms with Crippen LogP contribution in [0.15, 0.2) is 5.16 Å². The van der Waals surface area contributed by atoms with Gasteiger partial charge in [-0.3, -0.25) is 4.79 Å². The topological polar surface area (TPSA) is 74.2 Å². The Morgan fingerprint density at radius 2 is 1.32 bits per heavy atom. The number of methoxy groups -OCH3 is 2. The van der Waals surface area contributed by atoms with E-state index in [1.807, 2.05) is 0 Å². The second-order valence-corrected chi connectivity index (χ2v) is 7.64. The SMILES string of the molecule is CCCCCCCCCCCCCCCC1ON=C(C(=O)OC)C1C(=O)OC. The molecule has 0 amide bonds. The van der Waals surface area contributed by atoms with Gasteiger partial charge in [0.2, 0.25) is 0 Å². The Morgan fingerprint density at radius 3 is 1.79 bits per heavy atom. The zero-order valence-electron chi connectivity index (χ0n) is 18.0. The molecule has 0 aromatic carbocycles. The Kier molecular flexibility index (Phi) is 13.4. The lowest BCUT2D eigenvalue weighted by molar-refractivity contribution is -0.147. The van der Waals surface area contributed by atoms with Gasteiger partial charge in [0.05, 0.1) is 14.2 Å². The standard InChI is InChI=1S/C22H39NO5/c1-4-5-6-7-8-9-10-11-12-13-14-15-16-17-18-19(21(24)26-2)20(23-28-18)22(25)27-3/h18-19H,4-17H2,1-3H3. The molecule has 0 bridgehead atoms. The van der Waals surface area contributed by atoms with Crippen LogP contribution in [0.25, 0.3) is 0 Å². The zero-order valence-corrected chi connectivity index (χ0v) is 18.0. The van der Waals surface area contributed by atoms with Crippen LogP contribution in [-0.4, -0.2) is 38.0 Å². The van der Waals surface area contributed by atoms with Gasteiger partial charge in [-0.15, -0.1) is 0 Å². The van der Waals surface area contributed by atoms with Crippen molar-refractivity contribution in [1.29, 1.82) is 0 Å². The highest BCUT2D eigenvalue weighted by atomic mass is 16.7. The van der Waals surface area contributed by atoms with Gasteiger partial charge in [0.15, 0.2) is 5.71 Å². The van der Waals surface area contributed by atoms with E-state index in [0.717, 1.165) is 12.8 Å². The zero-order chi connectivity index (χ0) is 20.6. The largest absolute Gasteiger partial charge is 0.468 e. The van der Waals surface area contributed by atoms with Gasteiger partial charge in [-0.25, -0.2) is 4.79 Å². The maximum absolute atomic E-state index is 12.0. The quantitative estimate of drug-likeness (QED) is 0.265. The summed E-state index contributed by atoms with van der Waals surface area (Å²) in [7, 11) is 2.57. The highest BCUT2D eigenvalue weighted by Gasteiger charge is 2.44. The molecule has 0 aromatic heterocycles. The molecule has 0 N–H and O–H groups in total. The number of esters is 2. The van der Waals surface area contributed by atoms with Gasteiger partial charge in [0, 0.05) is 0 Å². The molecule has 0 aromatic rings. The molecule has 2 atom stereocenters. The van der Waals surface area contributed by atoms with Crippen molar-refractivity contribution in [2.45, 2.75) is 103 Å². The molecule has 1 aliphatic heterocycles. The van der Waals surface area contributed by atoms with Crippen molar-refractivity contribution in [3.05, 3.63) is 0 Å². The fraction of sp³-hybridized carbons (Fsp3) is 0.864. The smallest absolute Gasteiger partial charge is 0.356 e. The Balaban J connectivity index is 2.08. The van der Waals surface area contributed by atoms with E-state index in [0.29, 0.717) is 6.42 Å². The second-order valence-electron chi connectivity index (χ2n) is 7.64. The average molecular weight is 398 g/mol. The van der Waals surface area contributed by atoms with E-state index >= 15 is 0 Å². The molecule has 0 saturated carbocycles. The van der Waals surface area contributed by atoms with E-state index in [1.54, 1.807) is 0 Å². The number of hydrogen-bond donors (Lipinski definition) is 0. The van der Waals surface area contributed by atoms with Crippen molar-refractivity contribution in [3.8, 4) is 0 Å². The van der Waals surface area contributed by atoms with E-state index in [1.165, 1.54) is 84.8 Å². The molecule has 0 aliphatic carbocycles. The normalized spacial score (nSPS) is 18.5. The summed E-state index contributed by atoms with van der Waals surface area (Å²) in [5.41, 5.74) is 0.00837. The van der Waals surface area contributed by atoms with Crippen LogP contribution in [0.2, 0.25) is 0 Å². The van der Waals surface area contributed by atoms with Crippen molar-refractivity contribution >= 4 is 17.7 Å². The van der Waals surface area contributed by atoms with Crippen LogP contribution >= 0.6 is 0 Å². The minimum Gasteiger partial charge on any atom is -0.468 e. The second kappa shape index (κ2) is 15.3. The van der Waals surface area contributed by atoms with E-state index in [4.69, 9.17) is 9.57 Å². The lowest BCUT2D eigenvalue weighted by atomic mass is 9.93. The first-order valence-electron chi connectivity index (χ1n) is 11.1. The van der Waals surface area contributed by atoms with E-state index in [9.17, 15) is 9.59 Å². The molecule has 2 unspecified atom stereocenters. The minimum atomic E-state index is -0.783. The van der Waals surface area contributed by atoms with Crippen LogP contribution < -0.4 is 0 Å². The molecule has 0 fully saturated rings. The molecule has 1 rings (SSSR count). The van der Waals surface area contributed by atoms with Crippen molar-refractivity contribution in [3.63, 3.8) is 0 Å². The minimum absolute atomic E-state index is 0.00837. The summed E-state index contributed by atoms with van der Waals surface area (Å²) in [6.45, 7) is 2.26. The van der Waals surface area contributed by atoms with Gasteiger partial charge < -0.3 is 14.3 Å². The number of rotatable bonds is 16. The summed E-state index contributed by atoms with van der Waals surface area (Å²) in [5, 5.41) is 3.76. The third-order valence-electron chi connectivity index (χ3n) is 5.39. The van der Waals surface area contributed by atoms with Crippen LogP contribution in [0.3, 0.4) is 0 Å². The Labute approximate surface area is 170 Å². The number of oxime groups is 1. The third kappa shape index (κ3) is 9.07. The molecule has 1 aliphatic rings. The monoisotopic (exact) mass is 397 g/mol. The van der Waals surface area contributed by atoms with Crippen LogP contribution in [0.4, 0.5) is 0 Å². The predicted octanol–water partition coefficient (Wildman–Crippen LogP) is 5.18. The van der Waals surface area contributed by atoms with Crippen molar-refractivity contribution in [2.75, 3.05) is 14.2 Å². The molecule has 6 heteroatoms. The molecule has 0 spiro atoms. The lowest BCUT2D eigenvalue weighted by Gasteiger charge is -2.15.